The molecule has 0 saturated carbocycles. The summed E-state index contributed by atoms with van der Waals surface area (Å²) in [6.45, 7) is 2.81. The van der Waals surface area contributed by atoms with Crippen molar-refractivity contribution in [3.05, 3.63) is 16.4 Å². The van der Waals surface area contributed by atoms with Gasteiger partial charge in [-0.25, -0.2) is 0 Å². The molecule has 1 atom stereocenters. The SMILES string of the molecule is CCn1ncc(Br)c1C(O)CCSC. The molecule has 0 radical (unpaired) electrons. The largest absolute Gasteiger partial charge is 0.387 e. The number of hydrogen-bond donors (Lipinski definition) is 1. The van der Waals surface area contributed by atoms with Crippen LogP contribution in [0.25, 0.3) is 0 Å². The van der Waals surface area contributed by atoms with Crippen molar-refractivity contribution in [1.82, 2.24) is 9.78 Å². The standard InChI is InChI=1S/C9H15BrN2OS/c1-3-12-9(7(10)6-11-12)8(13)4-5-14-2/h6,8,13H,3-5H2,1-2H3. The molecule has 1 N–H and O–H groups in total. The Morgan fingerprint density at radius 3 is 3.00 bits per heavy atom. The lowest BCUT2D eigenvalue weighted by atomic mass is 10.2. The van der Waals surface area contributed by atoms with Crippen LogP contribution in [-0.4, -0.2) is 26.9 Å². The third kappa shape index (κ3) is 2.74. The van der Waals surface area contributed by atoms with Crippen LogP contribution in [0.5, 0.6) is 0 Å². The highest BCUT2D eigenvalue weighted by molar-refractivity contribution is 9.10. The highest BCUT2D eigenvalue weighted by Crippen LogP contribution is 2.26. The number of hydrogen-bond acceptors (Lipinski definition) is 3. The van der Waals surface area contributed by atoms with Gasteiger partial charge in [0.05, 0.1) is 22.5 Å². The van der Waals surface area contributed by atoms with Crippen LogP contribution in [0.1, 0.15) is 25.1 Å². The maximum Gasteiger partial charge on any atom is 0.0976 e. The molecule has 14 heavy (non-hydrogen) atoms. The molecule has 80 valence electrons. The molecule has 1 unspecified atom stereocenters. The number of aromatic nitrogens is 2. The topological polar surface area (TPSA) is 38.0 Å². The van der Waals surface area contributed by atoms with Gasteiger partial charge in [0.15, 0.2) is 0 Å². The molecular weight excluding hydrogens is 264 g/mol. The van der Waals surface area contributed by atoms with Crippen LogP contribution in [0.2, 0.25) is 0 Å². The fourth-order valence-corrected chi connectivity index (χ4v) is 2.34. The van der Waals surface area contributed by atoms with Crippen molar-refractivity contribution in [2.75, 3.05) is 12.0 Å². The molecule has 0 aliphatic heterocycles. The van der Waals surface area contributed by atoms with E-state index in [2.05, 4.69) is 21.0 Å². The molecular formula is C9H15BrN2OS. The van der Waals surface area contributed by atoms with Gasteiger partial charge in [0.2, 0.25) is 0 Å². The Hall–Kier alpha value is -0.0000000000000000555. The van der Waals surface area contributed by atoms with Gasteiger partial charge in [0.1, 0.15) is 0 Å². The normalized spacial score (nSPS) is 13.1. The average molecular weight is 279 g/mol. The summed E-state index contributed by atoms with van der Waals surface area (Å²) in [5.74, 6) is 0.961. The monoisotopic (exact) mass is 278 g/mol. The van der Waals surface area contributed by atoms with Crippen molar-refractivity contribution in [3.63, 3.8) is 0 Å². The van der Waals surface area contributed by atoms with Gasteiger partial charge >= 0.3 is 0 Å². The maximum atomic E-state index is 9.93. The van der Waals surface area contributed by atoms with Crippen molar-refractivity contribution < 1.29 is 5.11 Å². The lowest BCUT2D eigenvalue weighted by Gasteiger charge is -2.12. The first-order chi connectivity index (χ1) is 6.70. The van der Waals surface area contributed by atoms with Crippen LogP contribution in [0, 0.1) is 0 Å². The first kappa shape index (κ1) is 12.1. The van der Waals surface area contributed by atoms with E-state index in [0.717, 1.165) is 28.9 Å². The summed E-state index contributed by atoms with van der Waals surface area (Å²) in [6, 6.07) is 0. The molecule has 1 aromatic rings. The number of rotatable bonds is 5. The van der Waals surface area contributed by atoms with Crippen LogP contribution >= 0.6 is 27.7 Å². The minimum absolute atomic E-state index is 0.417. The van der Waals surface area contributed by atoms with Crippen LogP contribution in [0.3, 0.4) is 0 Å². The molecule has 0 aromatic carbocycles. The summed E-state index contributed by atoms with van der Waals surface area (Å²) in [7, 11) is 0. The third-order valence-electron chi connectivity index (χ3n) is 2.04. The van der Waals surface area contributed by atoms with Crippen LogP contribution in [-0.2, 0) is 6.54 Å². The van der Waals surface area contributed by atoms with E-state index in [0.29, 0.717) is 0 Å². The molecule has 0 aliphatic carbocycles. The number of thioether (sulfide) groups is 1. The minimum atomic E-state index is -0.417. The molecule has 0 fully saturated rings. The molecule has 0 amide bonds. The fourth-order valence-electron chi connectivity index (χ4n) is 1.32. The summed E-state index contributed by atoms with van der Waals surface area (Å²) in [5, 5.41) is 14.1. The second-order valence-corrected chi connectivity index (χ2v) is 4.83. The maximum absolute atomic E-state index is 9.93. The van der Waals surface area contributed by atoms with Crippen molar-refractivity contribution in [3.8, 4) is 0 Å². The van der Waals surface area contributed by atoms with E-state index in [-0.39, 0.29) is 0 Å². The smallest absolute Gasteiger partial charge is 0.0976 e. The Kier molecular flexibility index (Phi) is 4.98. The van der Waals surface area contributed by atoms with Crippen LogP contribution in [0.15, 0.2) is 10.7 Å². The molecule has 5 heteroatoms. The van der Waals surface area contributed by atoms with Crippen LogP contribution in [0.4, 0.5) is 0 Å². The van der Waals surface area contributed by atoms with E-state index in [1.807, 2.05) is 17.9 Å². The van der Waals surface area contributed by atoms with E-state index in [9.17, 15) is 5.11 Å². The second kappa shape index (κ2) is 5.78. The summed E-state index contributed by atoms with van der Waals surface area (Å²) in [5.41, 5.74) is 0.890. The van der Waals surface area contributed by atoms with Crippen molar-refractivity contribution >= 4 is 27.7 Å². The van der Waals surface area contributed by atoms with Gasteiger partial charge < -0.3 is 5.11 Å². The lowest BCUT2D eigenvalue weighted by Crippen LogP contribution is -2.09. The summed E-state index contributed by atoms with van der Waals surface area (Å²) in [6.07, 6.45) is 4.13. The number of aliphatic hydroxyl groups excluding tert-OH is 1. The van der Waals surface area contributed by atoms with Crippen molar-refractivity contribution in [1.29, 1.82) is 0 Å². The van der Waals surface area contributed by atoms with Gasteiger partial charge in [-0.2, -0.15) is 16.9 Å². The zero-order chi connectivity index (χ0) is 10.6. The van der Waals surface area contributed by atoms with E-state index in [1.54, 1.807) is 18.0 Å². The van der Waals surface area contributed by atoms with E-state index >= 15 is 0 Å². The Morgan fingerprint density at radius 2 is 2.43 bits per heavy atom. The number of aliphatic hydroxyl groups is 1. The molecule has 3 nitrogen and oxygen atoms in total. The Bertz CT molecular complexity index is 290. The van der Waals surface area contributed by atoms with Crippen LogP contribution < -0.4 is 0 Å². The van der Waals surface area contributed by atoms with Gasteiger partial charge in [0.25, 0.3) is 0 Å². The number of aryl methyl sites for hydroxylation is 1. The van der Waals surface area contributed by atoms with E-state index < -0.39 is 6.10 Å². The first-order valence-corrected chi connectivity index (χ1v) is 6.77. The molecule has 0 aliphatic rings. The van der Waals surface area contributed by atoms with Gasteiger partial charge in [-0.05, 0) is 41.3 Å². The third-order valence-corrected chi connectivity index (χ3v) is 3.30. The van der Waals surface area contributed by atoms with E-state index in [1.165, 1.54) is 0 Å². The van der Waals surface area contributed by atoms with Gasteiger partial charge in [-0.1, -0.05) is 0 Å². The molecule has 1 rings (SSSR count). The zero-order valence-electron chi connectivity index (χ0n) is 8.40. The summed E-state index contributed by atoms with van der Waals surface area (Å²) >= 11 is 5.14. The Balaban J connectivity index is 2.76. The highest BCUT2D eigenvalue weighted by atomic mass is 79.9. The number of halogens is 1. The molecule has 0 spiro atoms. The average Bonchev–Trinajstić information content (AvgIpc) is 2.56. The van der Waals surface area contributed by atoms with Crippen molar-refractivity contribution in [2.45, 2.75) is 26.0 Å². The zero-order valence-corrected chi connectivity index (χ0v) is 10.8. The number of nitrogens with zero attached hydrogens (tertiary/aromatic N) is 2. The molecule has 0 bridgehead atoms. The minimum Gasteiger partial charge on any atom is -0.387 e. The van der Waals surface area contributed by atoms with Gasteiger partial charge in [0, 0.05) is 6.54 Å². The summed E-state index contributed by atoms with van der Waals surface area (Å²) < 4.78 is 2.72. The van der Waals surface area contributed by atoms with Gasteiger partial charge in [-0.15, -0.1) is 0 Å². The van der Waals surface area contributed by atoms with Crippen molar-refractivity contribution in [2.24, 2.45) is 0 Å². The first-order valence-electron chi connectivity index (χ1n) is 4.58. The predicted molar refractivity (Wildman–Crippen MR) is 63.6 cm³/mol. The lowest BCUT2D eigenvalue weighted by molar-refractivity contribution is 0.163. The molecule has 1 aromatic heterocycles. The predicted octanol–water partition coefficient (Wildman–Crippen LogP) is 2.45. The van der Waals surface area contributed by atoms with Gasteiger partial charge in [-0.3, -0.25) is 4.68 Å². The quantitative estimate of drug-likeness (QED) is 0.899. The Morgan fingerprint density at radius 1 is 1.71 bits per heavy atom. The molecule has 1 heterocycles. The van der Waals surface area contributed by atoms with E-state index in [4.69, 9.17) is 0 Å². The fraction of sp³-hybridized carbons (Fsp3) is 0.667. The highest BCUT2D eigenvalue weighted by Gasteiger charge is 2.16. The second-order valence-electron chi connectivity index (χ2n) is 2.99. The summed E-state index contributed by atoms with van der Waals surface area (Å²) in [4.78, 5) is 0. The Labute approximate surface area is 97.0 Å². The molecule has 0 saturated heterocycles.